The number of alkyl halides is 3. The predicted octanol–water partition coefficient (Wildman–Crippen LogP) is 2.11. The molecule has 1 rings (SSSR count). The fourth-order valence-corrected chi connectivity index (χ4v) is 1.37. The van der Waals surface area contributed by atoms with Crippen LogP contribution in [0.5, 0.6) is 0 Å². The van der Waals surface area contributed by atoms with Crippen LogP contribution >= 0.6 is 0 Å². The molecule has 1 aromatic heterocycles. The molecule has 0 radical (unpaired) electrons. The third-order valence-electron chi connectivity index (χ3n) is 2.24. The summed E-state index contributed by atoms with van der Waals surface area (Å²) in [5.74, 6) is 0.0678. The monoisotopic (exact) mass is 278 g/mol. The molecule has 0 unspecified atom stereocenters. The first-order valence-electron chi connectivity index (χ1n) is 6.02. The summed E-state index contributed by atoms with van der Waals surface area (Å²) >= 11 is 0. The zero-order chi connectivity index (χ0) is 14.3. The van der Waals surface area contributed by atoms with Crippen LogP contribution < -0.4 is 10.6 Å². The maximum absolute atomic E-state index is 12.7. The smallest absolute Gasteiger partial charge is 0.396 e. The van der Waals surface area contributed by atoms with Crippen LogP contribution in [0.1, 0.15) is 25.5 Å². The van der Waals surface area contributed by atoms with Gasteiger partial charge in [0, 0.05) is 25.8 Å². The number of hydrogen-bond donors (Lipinski definition) is 3. The molecule has 1 aromatic rings. The van der Waals surface area contributed by atoms with Crippen LogP contribution in [0.4, 0.5) is 24.9 Å². The van der Waals surface area contributed by atoms with Crippen LogP contribution in [0.25, 0.3) is 0 Å². The molecule has 0 aliphatic rings. The average Bonchev–Trinajstić information content (AvgIpc) is 2.34. The van der Waals surface area contributed by atoms with E-state index in [4.69, 9.17) is 5.11 Å². The Morgan fingerprint density at radius 3 is 2.53 bits per heavy atom. The highest BCUT2D eigenvalue weighted by molar-refractivity contribution is 5.43. The number of unbranched alkanes of at least 4 members (excludes halogenated alkanes) is 1. The molecule has 0 saturated heterocycles. The Bertz CT molecular complexity index is 398. The Hall–Kier alpha value is -1.57. The molecule has 19 heavy (non-hydrogen) atoms. The maximum Gasteiger partial charge on any atom is 0.433 e. The van der Waals surface area contributed by atoms with E-state index in [1.54, 1.807) is 6.92 Å². The lowest BCUT2D eigenvalue weighted by molar-refractivity contribution is -0.141. The van der Waals surface area contributed by atoms with Crippen molar-refractivity contribution in [3.63, 3.8) is 0 Å². The van der Waals surface area contributed by atoms with E-state index in [9.17, 15) is 13.2 Å². The van der Waals surface area contributed by atoms with Gasteiger partial charge in [0.25, 0.3) is 0 Å². The number of anilines is 2. The van der Waals surface area contributed by atoms with Gasteiger partial charge >= 0.3 is 6.18 Å². The minimum atomic E-state index is -4.51. The topological polar surface area (TPSA) is 70.1 Å². The summed E-state index contributed by atoms with van der Waals surface area (Å²) in [5, 5.41) is 14.1. The Balaban J connectivity index is 2.81. The molecule has 0 aliphatic heterocycles. The number of nitrogens with one attached hydrogen (secondary N) is 2. The van der Waals surface area contributed by atoms with Gasteiger partial charge in [-0.2, -0.15) is 18.2 Å². The van der Waals surface area contributed by atoms with E-state index in [1.807, 2.05) is 0 Å². The van der Waals surface area contributed by atoms with E-state index >= 15 is 0 Å². The largest absolute Gasteiger partial charge is 0.433 e. The summed E-state index contributed by atoms with van der Waals surface area (Å²) in [6, 6.07) is 0.875. The van der Waals surface area contributed by atoms with Crippen molar-refractivity contribution >= 4 is 11.8 Å². The van der Waals surface area contributed by atoms with Crippen molar-refractivity contribution in [2.75, 3.05) is 30.3 Å². The van der Waals surface area contributed by atoms with Crippen molar-refractivity contribution in [3.8, 4) is 0 Å². The second-order valence-electron chi connectivity index (χ2n) is 3.85. The molecule has 0 aliphatic carbocycles. The van der Waals surface area contributed by atoms with Gasteiger partial charge in [0.2, 0.25) is 5.95 Å². The molecule has 0 atom stereocenters. The molecule has 0 spiro atoms. The van der Waals surface area contributed by atoms with Crippen molar-refractivity contribution in [2.24, 2.45) is 0 Å². The summed E-state index contributed by atoms with van der Waals surface area (Å²) in [6.07, 6.45) is -3.27. The van der Waals surface area contributed by atoms with Crippen LogP contribution in [-0.4, -0.2) is 34.8 Å². The zero-order valence-corrected chi connectivity index (χ0v) is 10.6. The number of aliphatic hydroxyl groups is 1. The molecule has 0 fully saturated rings. The van der Waals surface area contributed by atoms with E-state index < -0.39 is 11.9 Å². The lowest BCUT2D eigenvalue weighted by atomic mass is 10.3. The first-order chi connectivity index (χ1) is 8.97. The highest BCUT2D eigenvalue weighted by Crippen LogP contribution is 2.29. The standard InChI is InChI=1S/C11H17F3N4O/c1-2-15-10-17-8(11(12,13)14)7-9(18-10)16-5-3-4-6-19/h7,19H,2-6H2,1H3,(H2,15,16,17,18). The lowest BCUT2D eigenvalue weighted by Gasteiger charge is -2.12. The fraction of sp³-hybridized carbons (Fsp3) is 0.636. The fourth-order valence-electron chi connectivity index (χ4n) is 1.37. The van der Waals surface area contributed by atoms with Crippen LogP contribution in [-0.2, 0) is 6.18 Å². The average molecular weight is 278 g/mol. The highest BCUT2D eigenvalue weighted by atomic mass is 19.4. The van der Waals surface area contributed by atoms with Crippen LogP contribution in [0.15, 0.2) is 6.07 Å². The van der Waals surface area contributed by atoms with Crippen LogP contribution in [0.2, 0.25) is 0 Å². The quantitative estimate of drug-likeness (QED) is 0.666. The summed E-state index contributed by atoms with van der Waals surface area (Å²) in [6.45, 7) is 2.69. The number of halogens is 3. The van der Waals surface area contributed by atoms with E-state index in [0.29, 0.717) is 25.9 Å². The Labute approximate surface area is 109 Å². The Kier molecular flexibility index (Phi) is 5.81. The molecular weight excluding hydrogens is 261 g/mol. The third-order valence-corrected chi connectivity index (χ3v) is 2.24. The zero-order valence-electron chi connectivity index (χ0n) is 10.6. The van der Waals surface area contributed by atoms with Gasteiger partial charge in [-0.15, -0.1) is 0 Å². The van der Waals surface area contributed by atoms with E-state index in [2.05, 4.69) is 20.6 Å². The summed E-state index contributed by atoms with van der Waals surface area (Å²) < 4.78 is 38.0. The molecule has 0 amide bonds. The number of aromatic nitrogens is 2. The molecule has 1 heterocycles. The highest BCUT2D eigenvalue weighted by Gasteiger charge is 2.33. The van der Waals surface area contributed by atoms with E-state index in [-0.39, 0.29) is 18.4 Å². The minimum Gasteiger partial charge on any atom is -0.396 e. The molecular formula is C11H17F3N4O. The van der Waals surface area contributed by atoms with Crippen molar-refractivity contribution in [1.29, 1.82) is 0 Å². The van der Waals surface area contributed by atoms with Gasteiger partial charge in [-0.1, -0.05) is 0 Å². The summed E-state index contributed by atoms with van der Waals surface area (Å²) in [4.78, 5) is 7.35. The van der Waals surface area contributed by atoms with Crippen LogP contribution in [0, 0.1) is 0 Å². The second kappa shape index (κ2) is 7.13. The molecule has 3 N–H and O–H groups in total. The first kappa shape index (κ1) is 15.5. The number of aliphatic hydroxyl groups excluding tert-OH is 1. The van der Waals surface area contributed by atoms with Gasteiger partial charge in [0.05, 0.1) is 0 Å². The summed E-state index contributed by atoms with van der Waals surface area (Å²) in [7, 11) is 0. The number of hydrogen-bond acceptors (Lipinski definition) is 5. The number of nitrogens with zero attached hydrogens (tertiary/aromatic N) is 2. The van der Waals surface area contributed by atoms with E-state index in [0.717, 1.165) is 6.07 Å². The van der Waals surface area contributed by atoms with Gasteiger partial charge in [-0.25, -0.2) is 4.98 Å². The Morgan fingerprint density at radius 2 is 1.95 bits per heavy atom. The minimum absolute atomic E-state index is 0.0537. The van der Waals surface area contributed by atoms with Crippen molar-refractivity contribution in [3.05, 3.63) is 11.8 Å². The molecule has 8 heteroatoms. The molecule has 5 nitrogen and oxygen atoms in total. The van der Waals surface area contributed by atoms with E-state index in [1.165, 1.54) is 0 Å². The Morgan fingerprint density at radius 1 is 1.21 bits per heavy atom. The van der Waals surface area contributed by atoms with Gasteiger partial charge in [-0.3, -0.25) is 0 Å². The molecule has 108 valence electrons. The lowest BCUT2D eigenvalue weighted by Crippen LogP contribution is -2.14. The second-order valence-corrected chi connectivity index (χ2v) is 3.85. The SMILES string of the molecule is CCNc1nc(NCCCCO)cc(C(F)(F)F)n1. The molecule has 0 aromatic carbocycles. The number of rotatable bonds is 7. The molecule has 0 saturated carbocycles. The van der Waals surface area contributed by atoms with Crippen molar-refractivity contribution < 1.29 is 18.3 Å². The normalized spacial score (nSPS) is 11.4. The predicted molar refractivity (Wildman–Crippen MR) is 66.0 cm³/mol. The third kappa shape index (κ3) is 5.29. The summed E-state index contributed by atoms with van der Waals surface area (Å²) in [5.41, 5.74) is -0.983. The van der Waals surface area contributed by atoms with Crippen molar-refractivity contribution in [2.45, 2.75) is 25.9 Å². The first-order valence-corrected chi connectivity index (χ1v) is 6.02. The van der Waals surface area contributed by atoms with Crippen LogP contribution in [0.3, 0.4) is 0 Å². The van der Waals surface area contributed by atoms with Gasteiger partial charge in [0.15, 0.2) is 5.69 Å². The van der Waals surface area contributed by atoms with Gasteiger partial charge in [-0.05, 0) is 19.8 Å². The maximum atomic E-state index is 12.7. The van der Waals surface area contributed by atoms with Gasteiger partial charge < -0.3 is 15.7 Å². The molecule has 0 bridgehead atoms. The van der Waals surface area contributed by atoms with Gasteiger partial charge in [0.1, 0.15) is 5.82 Å². The van der Waals surface area contributed by atoms with Crippen molar-refractivity contribution in [1.82, 2.24) is 9.97 Å².